The van der Waals surface area contributed by atoms with Crippen LogP contribution in [0.3, 0.4) is 0 Å². The van der Waals surface area contributed by atoms with E-state index in [1.54, 1.807) is 6.20 Å². The number of aromatic nitrogens is 1. The Morgan fingerprint density at radius 3 is 2.63 bits per heavy atom. The first-order chi connectivity index (χ1) is 9.22. The second-order valence-electron chi connectivity index (χ2n) is 4.47. The van der Waals surface area contributed by atoms with Gasteiger partial charge in [-0.3, -0.25) is 0 Å². The summed E-state index contributed by atoms with van der Waals surface area (Å²) < 4.78 is 0. The molecular weight excluding hydrogens is 258 g/mol. The molecular formula is C15H18ClN3. The molecule has 2 aromatic rings. The van der Waals surface area contributed by atoms with Crippen molar-refractivity contribution in [2.24, 2.45) is 5.73 Å². The molecule has 0 radical (unpaired) electrons. The van der Waals surface area contributed by atoms with E-state index in [0.717, 1.165) is 29.4 Å². The molecule has 3 nitrogen and oxygen atoms in total. The average Bonchev–Trinajstić information content (AvgIpc) is 2.42. The number of hydrogen-bond donors (Lipinski definition) is 1. The Labute approximate surface area is 119 Å². The van der Waals surface area contributed by atoms with Gasteiger partial charge in [0.25, 0.3) is 0 Å². The molecule has 0 aliphatic heterocycles. The molecule has 0 saturated heterocycles. The first kappa shape index (κ1) is 13.8. The van der Waals surface area contributed by atoms with Crippen LogP contribution in [-0.2, 0) is 13.0 Å². The molecule has 0 unspecified atom stereocenters. The van der Waals surface area contributed by atoms with Crippen LogP contribution >= 0.6 is 11.6 Å². The van der Waals surface area contributed by atoms with Gasteiger partial charge in [0, 0.05) is 24.8 Å². The Morgan fingerprint density at radius 2 is 1.89 bits per heavy atom. The third-order valence-electron chi connectivity index (χ3n) is 3.01. The lowest BCUT2D eigenvalue weighted by molar-refractivity contribution is 0.867. The summed E-state index contributed by atoms with van der Waals surface area (Å²) in [5, 5.41) is 0.783. The number of nitrogens with two attached hydrogens (primary N) is 1. The van der Waals surface area contributed by atoms with Crippen molar-refractivity contribution >= 4 is 17.4 Å². The monoisotopic (exact) mass is 275 g/mol. The van der Waals surface area contributed by atoms with E-state index in [4.69, 9.17) is 17.3 Å². The van der Waals surface area contributed by atoms with Crippen molar-refractivity contribution in [1.29, 1.82) is 0 Å². The van der Waals surface area contributed by atoms with Crippen LogP contribution in [0.2, 0.25) is 5.02 Å². The molecule has 19 heavy (non-hydrogen) atoms. The maximum absolute atomic E-state index is 6.19. The largest absolute Gasteiger partial charge is 0.355 e. The minimum absolute atomic E-state index is 0.624. The highest BCUT2D eigenvalue weighted by atomic mass is 35.5. The number of benzene rings is 1. The van der Waals surface area contributed by atoms with Crippen LogP contribution in [0.15, 0.2) is 42.6 Å². The molecule has 1 aromatic heterocycles. The zero-order valence-corrected chi connectivity index (χ0v) is 11.8. The van der Waals surface area contributed by atoms with E-state index in [-0.39, 0.29) is 0 Å². The molecule has 0 fully saturated rings. The summed E-state index contributed by atoms with van der Waals surface area (Å²) >= 11 is 6.19. The van der Waals surface area contributed by atoms with Crippen LogP contribution in [-0.4, -0.2) is 18.6 Å². The number of hydrogen-bond acceptors (Lipinski definition) is 3. The zero-order chi connectivity index (χ0) is 13.7. The van der Waals surface area contributed by atoms with Crippen molar-refractivity contribution in [2.75, 3.05) is 18.5 Å². The predicted octanol–water partition coefficient (Wildman–Crippen LogP) is 2.87. The lowest BCUT2D eigenvalue weighted by atomic mass is 10.1. The first-order valence-electron chi connectivity index (χ1n) is 6.31. The summed E-state index contributed by atoms with van der Waals surface area (Å²) in [4.78, 5) is 6.55. The van der Waals surface area contributed by atoms with Crippen molar-refractivity contribution in [3.05, 3.63) is 58.7 Å². The van der Waals surface area contributed by atoms with Gasteiger partial charge in [-0.1, -0.05) is 35.9 Å². The van der Waals surface area contributed by atoms with Gasteiger partial charge < -0.3 is 10.6 Å². The van der Waals surface area contributed by atoms with Gasteiger partial charge in [0.15, 0.2) is 0 Å². The molecule has 0 amide bonds. The minimum Gasteiger partial charge on any atom is -0.355 e. The van der Waals surface area contributed by atoms with Crippen LogP contribution in [0.1, 0.15) is 11.1 Å². The van der Waals surface area contributed by atoms with Gasteiger partial charge in [-0.15, -0.1) is 0 Å². The highest BCUT2D eigenvalue weighted by molar-refractivity contribution is 6.31. The quantitative estimate of drug-likeness (QED) is 0.912. The van der Waals surface area contributed by atoms with Gasteiger partial charge in [0.1, 0.15) is 5.82 Å². The van der Waals surface area contributed by atoms with Crippen molar-refractivity contribution < 1.29 is 0 Å². The van der Waals surface area contributed by atoms with Crippen molar-refractivity contribution in [1.82, 2.24) is 4.98 Å². The Hall–Kier alpha value is -1.58. The molecule has 1 aromatic carbocycles. The summed E-state index contributed by atoms with van der Waals surface area (Å²) in [6.45, 7) is 1.35. The Balaban J connectivity index is 2.20. The second-order valence-corrected chi connectivity index (χ2v) is 4.88. The van der Waals surface area contributed by atoms with Crippen molar-refractivity contribution in [2.45, 2.75) is 13.0 Å². The summed E-state index contributed by atoms with van der Waals surface area (Å²) in [7, 11) is 2.02. The standard InChI is InChI=1S/C15H18ClN3/c1-19(11-13-5-2-3-7-14(13)16)15-12(8-9-17)6-4-10-18-15/h2-7,10H,8-9,11,17H2,1H3. The fraction of sp³-hybridized carbons (Fsp3) is 0.267. The number of halogens is 1. The van der Waals surface area contributed by atoms with E-state index in [2.05, 4.69) is 16.0 Å². The molecule has 2 rings (SSSR count). The van der Waals surface area contributed by atoms with Gasteiger partial charge >= 0.3 is 0 Å². The highest BCUT2D eigenvalue weighted by Gasteiger charge is 2.10. The highest BCUT2D eigenvalue weighted by Crippen LogP contribution is 2.21. The molecule has 0 atom stereocenters. The fourth-order valence-electron chi connectivity index (χ4n) is 2.08. The number of rotatable bonds is 5. The van der Waals surface area contributed by atoms with E-state index in [9.17, 15) is 0 Å². The molecule has 2 N–H and O–H groups in total. The molecule has 1 heterocycles. The lowest BCUT2D eigenvalue weighted by Crippen LogP contribution is -2.20. The van der Waals surface area contributed by atoms with E-state index >= 15 is 0 Å². The van der Waals surface area contributed by atoms with E-state index in [1.165, 1.54) is 5.56 Å². The second kappa shape index (κ2) is 6.55. The molecule has 0 aliphatic rings. The van der Waals surface area contributed by atoms with Crippen LogP contribution in [0.5, 0.6) is 0 Å². The molecule has 0 spiro atoms. The lowest BCUT2D eigenvalue weighted by Gasteiger charge is -2.21. The van der Waals surface area contributed by atoms with E-state index in [1.807, 2.05) is 37.4 Å². The van der Waals surface area contributed by atoms with Gasteiger partial charge in [-0.2, -0.15) is 0 Å². The first-order valence-corrected chi connectivity index (χ1v) is 6.68. The number of anilines is 1. The summed E-state index contributed by atoms with van der Waals surface area (Å²) in [5.41, 5.74) is 7.90. The summed E-state index contributed by atoms with van der Waals surface area (Å²) in [6, 6.07) is 11.9. The Kier molecular flexibility index (Phi) is 4.77. The third kappa shape index (κ3) is 3.46. The van der Waals surface area contributed by atoms with Gasteiger partial charge in [0.05, 0.1) is 0 Å². The molecule has 0 aliphatic carbocycles. The van der Waals surface area contributed by atoms with Crippen LogP contribution in [0.4, 0.5) is 5.82 Å². The smallest absolute Gasteiger partial charge is 0.131 e. The summed E-state index contributed by atoms with van der Waals surface area (Å²) in [5.74, 6) is 0.966. The zero-order valence-electron chi connectivity index (χ0n) is 11.0. The van der Waals surface area contributed by atoms with E-state index in [0.29, 0.717) is 6.54 Å². The minimum atomic E-state index is 0.624. The van der Waals surface area contributed by atoms with Crippen LogP contribution < -0.4 is 10.6 Å². The van der Waals surface area contributed by atoms with Gasteiger partial charge in [-0.05, 0) is 36.2 Å². The SMILES string of the molecule is CN(Cc1ccccc1Cl)c1ncccc1CCN. The van der Waals surface area contributed by atoms with Gasteiger partial charge in [0.2, 0.25) is 0 Å². The maximum Gasteiger partial charge on any atom is 0.131 e. The normalized spacial score (nSPS) is 10.5. The number of pyridine rings is 1. The Morgan fingerprint density at radius 1 is 1.16 bits per heavy atom. The molecule has 100 valence electrons. The summed E-state index contributed by atoms with van der Waals surface area (Å²) in [6.07, 6.45) is 2.63. The third-order valence-corrected chi connectivity index (χ3v) is 3.38. The van der Waals surface area contributed by atoms with Gasteiger partial charge in [-0.25, -0.2) is 4.98 Å². The fourth-order valence-corrected chi connectivity index (χ4v) is 2.28. The molecule has 4 heteroatoms. The number of nitrogens with zero attached hydrogens (tertiary/aromatic N) is 2. The molecule has 0 saturated carbocycles. The maximum atomic E-state index is 6.19. The molecule has 0 bridgehead atoms. The average molecular weight is 276 g/mol. The van der Waals surface area contributed by atoms with Crippen LogP contribution in [0.25, 0.3) is 0 Å². The van der Waals surface area contributed by atoms with Crippen LogP contribution in [0, 0.1) is 0 Å². The topological polar surface area (TPSA) is 42.2 Å². The van der Waals surface area contributed by atoms with E-state index < -0.39 is 0 Å². The van der Waals surface area contributed by atoms with Crippen molar-refractivity contribution in [3.63, 3.8) is 0 Å². The Bertz CT molecular complexity index is 542. The van der Waals surface area contributed by atoms with Crippen molar-refractivity contribution in [3.8, 4) is 0 Å². The predicted molar refractivity (Wildman–Crippen MR) is 80.6 cm³/mol.